The number of carboxylic acids is 1. The van der Waals surface area contributed by atoms with Crippen LogP contribution in [-0.2, 0) is 4.79 Å². The van der Waals surface area contributed by atoms with Gasteiger partial charge in [0.1, 0.15) is 0 Å². The molecule has 66 valence electrons. The van der Waals surface area contributed by atoms with Crippen molar-refractivity contribution in [2.75, 3.05) is 0 Å². The zero-order chi connectivity index (χ0) is 9.28. The summed E-state index contributed by atoms with van der Waals surface area (Å²) in [6.45, 7) is 4.86. The van der Waals surface area contributed by atoms with Crippen molar-refractivity contribution >= 4 is 5.97 Å². The average molecular weight is 162 g/mol. The van der Waals surface area contributed by atoms with Crippen LogP contribution in [0.15, 0.2) is 12.7 Å². The smallest absolute Gasteiger partial charge is 0.327 e. The Labute approximate surface area is 65.8 Å². The molecule has 0 amide bonds. The first-order chi connectivity index (χ1) is 5.04. The number of aliphatic hydroxyl groups is 2. The number of hydrogen-bond donors (Lipinski definition) is 3. The number of carbonyl (C=O) groups is 1. The third-order valence-electron chi connectivity index (χ3n) is 0.721. The molecule has 3 N–H and O–H groups in total. The first-order valence-corrected chi connectivity index (χ1v) is 3.26. The molecular formula is C7H14O4. The molecule has 0 heterocycles. The highest BCUT2D eigenvalue weighted by Gasteiger charge is 1.89. The summed E-state index contributed by atoms with van der Waals surface area (Å²) in [7, 11) is 0. The lowest BCUT2D eigenvalue weighted by Gasteiger charge is -1.94. The third kappa shape index (κ3) is 27.2. The van der Waals surface area contributed by atoms with Crippen LogP contribution < -0.4 is 0 Å². The molecule has 0 aliphatic carbocycles. The first-order valence-electron chi connectivity index (χ1n) is 3.26. The van der Waals surface area contributed by atoms with Gasteiger partial charge in [-0.3, -0.25) is 0 Å². The topological polar surface area (TPSA) is 77.8 Å². The van der Waals surface area contributed by atoms with E-state index in [-0.39, 0.29) is 0 Å². The van der Waals surface area contributed by atoms with Crippen molar-refractivity contribution in [2.45, 2.75) is 26.1 Å². The zero-order valence-electron chi connectivity index (χ0n) is 6.53. The van der Waals surface area contributed by atoms with Crippen LogP contribution in [0.5, 0.6) is 0 Å². The summed E-state index contributed by atoms with van der Waals surface area (Å²) in [5.74, 6) is -0.981. The van der Waals surface area contributed by atoms with E-state index in [0.29, 0.717) is 6.42 Å². The van der Waals surface area contributed by atoms with Gasteiger partial charge in [0.05, 0.1) is 0 Å². The molecule has 0 aliphatic rings. The maximum absolute atomic E-state index is 9.25. The van der Waals surface area contributed by atoms with Crippen LogP contribution in [0.3, 0.4) is 0 Å². The van der Waals surface area contributed by atoms with Crippen LogP contribution in [0.25, 0.3) is 0 Å². The molecule has 0 fully saturated rings. The number of aliphatic carboxylic acids is 1. The highest BCUT2D eigenvalue weighted by molar-refractivity contribution is 5.78. The van der Waals surface area contributed by atoms with Crippen molar-refractivity contribution in [1.82, 2.24) is 0 Å². The molecule has 0 unspecified atom stereocenters. The second-order valence-electron chi connectivity index (χ2n) is 1.81. The number of rotatable bonds is 3. The molecule has 0 aromatic carbocycles. The summed E-state index contributed by atoms with van der Waals surface area (Å²) >= 11 is 0. The Balaban J connectivity index is 0. The van der Waals surface area contributed by atoms with E-state index < -0.39 is 12.3 Å². The second kappa shape index (κ2) is 9.13. The molecule has 0 aromatic heterocycles. The summed E-state index contributed by atoms with van der Waals surface area (Å²) in [6.07, 6.45) is 1.05. The van der Waals surface area contributed by atoms with Crippen molar-refractivity contribution in [2.24, 2.45) is 0 Å². The van der Waals surface area contributed by atoms with Crippen LogP contribution in [0, 0.1) is 0 Å². The van der Waals surface area contributed by atoms with Gasteiger partial charge in [0.2, 0.25) is 0 Å². The molecule has 0 rings (SSSR count). The predicted molar refractivity (Wildman–Crippen MR) is 41.0 cm³/mol. The van der Waals surface area contributed by atoms with Crippen LogP contribution >= 0.6 is 0 Å². The Bertz CT molecular complexity index is 109. The van der Waals surface area contributed by atoms with E-state index in [1.54, 1.807) is 0 Å². The van der Waals surface area contributed by atoms with Crippen LogP contribution in [0.4, 0.5) is 0 Å². The SMILES string of the molecule is C=CC(=O)O.CCCC(O)O. The molecule has 0 aromatic rings. The van der Waals surface area contributed by atoms with E-state index in [9.17, 15) is 4.79 Å². The van der Waals surface area contributed by atoms with Gasteiger partial charge < -0.3 is 15.3 Å². The van der Waals surface area contributed by atoms with Gasteiger partial charge in [-0.1, -0.05) is 19.9 Å². The summed E-state index contributed by atoms with van der Waals surface area (Å²) in [5, 5.41) is 23.8. The van der Waals surface area contributed by atoms with Crippen molar-refractivity contribution in [1.29, 1.82) is 0 Å². The molecule has 11 heavy (non-hydrogen) atoms. The fraction of sp³-hybridized carbons (Fsp3) is 0.571. The third-order valence-corrected chi connectivity index (χ3v) is 0.721. The standard InChI is InChI=1S/C4H10O2.C3H4O2/c1-2-3-4(5)6;1-2-3(4)5/h4-6H,2-3H2,1H3;2H,1H2,(H,4,5). The van der Waals surface area contributed by atoms with Gasteiger partial charge in [0.15, 0.2) is 6.29 Å². The number of carboxylic acid groups (broad SMARTS) is 1. The molecule has 4 heteroatoms. The normalized spacial score (nSPS) is 8.36. The van der Waals surface area contributed by atoms with E-state index >= 15 is 0 Å². The van der Waals surface area contributed by atoms with Gasteiger partial charge in [0.25, 0.3) is 0 Å². The summed E-state index contributed by atoms with van der Waals surface area (Å²) in [4.78, 5) is 9.25. The summed E-state index contributed by atoms with van der Waals surface area (Å²) in [5.41, 5.74) is 0. The van der Waals surface area contributed by atoms with Gasteiger partial charge in [-0.15, -0.1) is 0 Å². The van der Waals surface area contributed by atoms with Crippen molar-refractivity contribution in [3.63, 3.8) is 0 Å². The Morgan fingerprint density at radius 1 is 1.64 bits per heavy atom. The molecular weight excluding hydrogens is 148 g/mol. The quantitative estimate of drug-likeness (QED) is 0.413. The molecule has 0 aliphatic heterocycles. The number of aliphatic hydroxyl groups excluding tert-OH is 1. The van der Waals surface area contributed by atoms with Crippen LogP contribution in [-0.4, -0.2) is 27.6 Å². The molecule has 0 atom stereocenters. The minimum absolute atomic E-state index is 0.486. The Kier molecular flexibility index (Phi) is 10.6. The Morgan fingerprint density at radius 3 is 2.00 bits per heavy atom. The Hall–Kier alpha value is -0.870. The molecule has 0 saturated heterocycles. The molecule has 0 saturated carbocycles. The van der Waals surface area contributed by atoms with Gasteiger partial charge in [-0.25, -0.2) is 4.79 Å². The predicted octanol–water partition coefficient (Wildman–Crippen LogP) is 0.354. The lowest BCUT2D eigenvalue weighted by molar-refractivity contribution is -0.131. The zero-order valence-corrected chi connectivity index (χ0v) is 6.53. The van der Waals surface area contributed by atoms with Gasteiger partial charge in [-0.2, -0.15) is 0 Å². The van der Waals surface area contributed by atoms with E-state index in [2.05, 4.69) is 6.58 Å². The largest absolute Gasteiger partial charge is 0.478 e. The minimum atomic E-state index is -1.10. The van der Waals surface area contributed by atoms with Crippen molar-refractivity contribution in [3.05, 3.63) is 12.7 Å². The van der Waals surface area contributed by atoms with Gasteiger partial charge >= 0.3 is 5.97 Å². The van der Waals surface area contributed by atoms with Gasteiger partial charge in [0, 0.05) is 6.08 Å². The summed E-state index contributed by atoms with van der Waals surface area (Å²) < 4.78 is 0. The first kappa shape index (κ1) is 12.8. The fourth-order valence-electron chi connectivity index (χ4n) is 0.258. The number of hydrogen-bond acceptors (Lipinski definition) is 3. The van der Waals surface area contributed by atoms with E-state index in [4.69, 9.17) is 15.3 Å². The highest BCUT2D eigenvalue weighted by atomic mass is 16.5. The Morgan fingerprint density at radius 2 is 2.00 bits per heavy atom. The van der Waals surface area contributed by atoms with Gasteiger partial charge in [-0.05, 0) is 6.42 Å². The summed E-state index contributed by atoms with van der Waals surface area (Å²) in [6, 6.07) is 0. The molecule has 0 bridgehead atoms. The van der Waals surface area contributed by atoms with Crippen molar-refractivity contribution < 1.29 is 20.1 Å². The van der Waals surface area contributed by atoms with Crippen LogP contribution in [0.1, 0.15) is 19.8 Å². The second-order valence-corrected chi connectivity index (χ2v) is 1.81. The van der Waals surface area contributed by atoms with E-state index in [0.717, 1.165) is 12.5 Å². The average Bonchev–Trinajstić information content (AvgIpc) is 1.89. The fourth-order valence-corrected chi connectivity index (χ4v) is 0.258. The molecule has 0 spiro atoms. The van der Waals surface area contributed by atoms with E-state index in [1.165, 1.54) is 0 Å². The van der Waals surface area contributed by atoms with Crippen LogP contribution in [0.2, 0.25) is 0 Å². The van der Waals surface area contributed by atoms with Crippen molar-refractivity contribution in [3.8, 4) is 0 Å². The molecule has 4 nitrogen and oxygen atoms in total. The molecule has 0 radical (unpaired) electrons. The maximum Gasteiger partial charge on any atom is 0.327 e. The minimum Gasteiger partial charge on any atom is -0.478 e. The highest BCUT2D eigenvalue weighted by Crippen LogP contribution is 1.88. The maximum atomic E-state index is 9.25. The monoisotopic (exact) mass is 162 g/mol. The van der Waals surface area contributed by atoms with E-state index in [1.807, 2.05) is 6.92 Å². The lowest BCUT2D eigenvalue weighted by atomic mass is 10.3. The lowest BCUT2D eigenvalue weighted by Crippen LogP contribution is -2.01.